The van der Waals surface area contributed by atoms with Crippen LogP contribution in [0.15, 0.2) is 85.4 Å². The van der Waals surface area contributed by atoms with Gasteiger partial charge in [0.25, 0.3) is 0 Å². The van der Waals surface area contributed by atoms with Crippen LogP contribution in [0.4, 0.5) is 13.2 Å². The summed E-state index contributed by atoms with van der Waals surface area (Å²) in [6, 6.07) is 22.1. The van der Waals surface area contributed by atoms with Gasteiger partial charge in [0.15, 0.2) is 11.6 Å². The molecule has 0 heterocycles. The largest absolute Gasteiger partial charge is 0.494 e. The highest BCUT2D eigenvalue weighted by atomic mass is 19.2. The van der Waals surface area contributed by atoms with Gasteiger partial charge in [0.1, 0.15) is 11.6 Å². The van der Waals surface area contributed by atoms with Gasteiger partial charge in [0.05, 0.1) is 6.61 Å². The highest BCUT2D eigenvalue weighted by Crippen LogP contribution is 2.29. The number of halogens is 3. The first-order valence-corrected chi connectivity index (χ1v) is 10.9. The molecule has 0 aliphatic carbocycles. The van der Waals surface area contributed by atoms with Crippen LogP contribution >= 0.6 is 0 Å². The van der Waals surface area contributed by atoms with Crippen molar-refractivity contribution in [3.8, 4) is 28.0 Å². The molecule has 0 saturated heterocycles. The summed E-state index contributed by atoms with van der Waals surface area (Å²) < 4.78 is 49.2. The van der Waals surface area contributed by atoms with E-state index in [9.17, 15) is 13.2 Å². The van der Waals surface area contributed by atoms with E-state index in [1.54, 1.807) is 84.9 Å². The maximum absolute atomic E-state index is 14.7. The van der Waals surface area contributed by atoms with Crippen molar-refractivity contribution in [1.82, 2.24) is 0 Å². The lowest BCUT2D eigenvalue weighted by atomic mass is 10.00. The zero-order valence-electron chi connectivity index (χ0n) is 18.7. The third kappa shape index (κ3) is 4.96. The molecule has 4 heteroatoms. The third-order valence-corrected chi connectivity index (χ3v) is 5.50. The Morgan fingerprint density at radius 1 is 0.706 bits per heavy atom. The number of hydrogen-bond acceptors (Lipinski definition) is 1. The van der Waals surface area contributed by atoms with Crippen LogP contribution in [0.2, 0.25) is 0 Å². The second kappa shape index (κ2) is 10.3. The topological polar surface area (TPSA) is 9.23 Å². The number of rotatable bonds is 7. The van der Waals surface area contributed by atoms with Crippen LogP contribution in [-0.4, -0.2) is 6.61 Å². The van der Waals surface area contributed by atoms with Crippen molar-refractivity contribution in [3.63, 3.8) is 0 Å². The van der Waals surface area contributed by atoms with Crippen LogP contribution < -0.4 is 4.74 Å². The van der Waals surface area contributed by atoms with E-state index in [4.69, 9.17) is 4.74 Å². The zero-order valence-corrected chi connectivity index (χ0v) is 18.7. The van der Waals surface area contributed by atoms with Gasteiger partial charge in [-0.1, -0.05) is 85.5 Å². The molecule has 170 valence electrons. The van der Waals surface area contributed by atoms with Crippen LogP contribution in [0.1, 0.15) is 23.6 Å². The van der Waals surface area contributed by atoms with Crippen molar-refractivity contribution < 1.29 is 17.9 Å². The van der Waals surface area contributed by atoms with Crippen LogP contribution in [0.5, 0.6) is 5.75 Å². The Balaban J connectivity index is 1.53. The summed E-state index contributed by atoms with van der Waals surface area (Å²) in [5.41, 5.74) is 3.79. The molecule has 0 amide bonds. The van der Waals surface area contributed by atoms with Crippen LogP contribution in [-0.2, 0) is 0 Å². The van der Waals surface area contributed by atoms with Gasteiger partial charge in [-0.15, -0.1) is 0 Å². The van der Waals surface area contributed by atoms with Crippen LogP contribution in [0.25, 0.3) is 40.5 Å². The Morgan fingerprint density at radius 3 is 1.94 bits per heavy atom. The molecule has 1 nitrogen and oxygen atoms in total. The molecule has 34 heavy (non-hydrogen) atoms. The highest BCUT2D eigenvalue weighted by Gasteiger charge is 2.13. The molecule has 0 aromatic heterocycles. The average molecular weight is 457 g/mol. The van der Waals surface area contributed by atoms with E-state index >= 15 is 0 Å². The first-order chi connectivity index (χ1) is 16.5. The summed E-state index contributed by atoms with van der Waals surface area (Å²) >= 11 is 0. The SMILES string of the molecule is C=Cc1ccc(-c2ccc(C=Cc3ccc(-c4ccc(OCC)cc4F)cc3)c(F)c2F)cc1. The maximum atomic E-state index is 14.7. The maximum Gasteiger partial charge on any atom is 0.167 e. The van der Waals surface area contributed by atoms with Crippen LogP contribution in [0.3, 0.4) is 0 Å². The van der Waals surface area contributed by atoms with E-state index in [1.807, 2.05) is 6.92 Å². The molecule has 0 atom stereocenters. The molecule has 4 aromatic carbocycles. The number of ether oxygens (including phenoxy) is 1. The van der Waals surface area contributed by atoms with Gasteiger partial charge >= 0.3 is 0 Å². The Bertz CT molecular complexity index is 1340. The van der Waals surface area contributed by atoms with Crippen molar-refractivity contribution >= 4 is 18.2 Å². The lowest BCUT2D eigenvalue weighted by Crippen LogP contribution is -1.93. The summed E-state index contributed by atoms with van der Waals surface area (Å²) in [4.78, 5) is 0. The van der Waals surface area contributed by atoms with E-state index in [0.717, 1.165) is 11.1 Å². The van der Waals surface area contributed by atoms with E-state index in [0.29, 0.717) is 29.0 Å². The molecular weight excluding hydrogens is 433 g/mol. The normalized spacial score (nSPS) is 11.1. The van der Waals surface area contributed by atoms with Gasteiger partial charge in [-0.05, 0) is 41.3 Å². The van der Waals surface area contributed by atoms with Crippen molar-refractivity contribution in [2.75, 3.05) is 6.61 Å². The first kappa shape index (κ1) is 23.1. The van der Waals surface area contributed by atoms with Gasteiger partial charge in [-0.2, -0.15) is 0 Å². The lowest BCUT2D eigenvalue weighted by molar-refractivity contribution is 0.338. The van der Waals surface area contributed by atoms with Gasteiger partial charge < -0.3 is 4.74 Å². The molecule has 0 radical (unpaired) electrons. The van der Waals surface area contributed by atoms with E-state index in [-0.39, 0.29) is 16.9 Å². The molecular formula is C30H23F3O. The molecule has 0 spiro atoms. The Labute approximate surface area is 197 Å². The fraction of sp³-hybridized carbons (Fsp3) is 0.0667. The molecule has 0 saturated carbocycles. The summed E-state index contributed by atoms with van der Waals surface area (Å²) in [5.74, 6) is -1.69. The van der Waals surface area contributed by atoms with Gasteiger partial charge in [-0.25, -0.2) is 13.2 Å². The van der Waals surface area contributed by atoms with Crippen molar-refractivity contribution in [3.05, 3.63) is 120 Å². The Hall–Kier alpha value is -4.05. The van der Waals surface area contributed by atoms with Crippen molar-refractivity contribution in [2.24, 2.45) is 0 Å². The number of hydrogen-bond donors (Lipinski definition) is 0. The summed E-state index contributed by atoms with van der Waals surface area (Å²) in [5, 5.41) is 0. The zero-order chi connectivity index (χ0) is 24.1. The number of benzene rings is 4. The average Bonchev–Trinajstić information content (AvgIpc) is 2.86. The highest BCUT2D eigenvalue weighted by molar-refractivity contribution is 5.75. The van der Waals surface area contributed by atoms with E-state index < -0.39 is 11.6 Å². The fourth-order valence-electron chi connectivity index (χ4n) is 3.66. The first-order valence-electron chi connectivity index (χ1n) is 10.9. The predicted octanol–water partition coefficient (Wildman–Crippen LogP) is 8.65. The standard InChI is InChI=1S/C30H23F3O/c1-3-20-5-10-23(11-6-20)27-17-15-24(29(32)30(27)33)14-9-21-7-12-22(13-8-21)26-18-16-25(34-4-2)19-28(26)31/h3,5-19H,1,4H2,2H3. The second-order valence-corrected chi connectivity index (χ2v) is 7.69. The van der Waals surface area contributed by atoms with Crippen molar-refractivity contribution in [1.29, 1.82) is 0 Å². The minimum Gasteiger partial charge on any atom is -0.494 e. The monoisotopic (exact) mass is 456 g/mol. The molecule has 4 aromatic rings. The Morgan fingerprint density at radius 2 is 1.32 bits per heavy atom. The molecule has 4 rings (SSSR count). The molecule has 0 unspecified atom stereocenters. The fourth-order valence-corrected chi connectivity index (χ4v) is 3.66. The van der Waals surface area contributed by atoms with E-state index in [1.165, 1.54) is 12.1 Å². The summed E-state index contributed by atoms with van der Waals surface area (Å²) in [6.45, 7) is 6.00. The molecule has 0 fully saturated rings. The van der Waals surface area contributed by atoms with Gasteiger partial charge in [0, 0.05) is 22.8 Å². The molecule has 0 aliphatic rings. The second-order valence-electron chi connectivity index (χ2n) is 7.69. The quantitative estimate of drug-likeness (QED) is 0.253. The molecule has 0 N–H and O–H groups in total. The summed E-state index contributed by atoms with van der Waals surface area (Å²) in [7, 11) is 0. The smallest absolute Gasteiger partial charge is 0.167 e. The van der Waals surface area contributed by atoms with Gasteiger partial charge in [-0.3, -0.25) is 0 Å². The van der Waals surface area contributed by atoms with Crippen molar-refractivity contribution in [2.45, 2.75) is 6.92 Å². The predicted molar refractivity (Wildman–Crippen MR) is 134 cm³/mol. The lowest BCUT2D eigenvalue weighted by Gasteiger charge is -2.08. The van der Waals surface area contributed by atoms with Crippen LogP contribution in [0, 0.1) is 17.5 Å². The Kier molecular flexibility index (Phi) is 6.98. The third-order valence-electron chi connectivity index (χ3n) is 5.50. The van der Waals surface area contributed by atoms with Gasteiger partial charge in [0.2, 0.25) is 0 Å². The summed E-state index contributed by atoms with van der Waals surface area (Å²) in [6.07, 6.45) is 4.90. The molecule has 0 aliphatic heterocycles. The minimum atomic E-state index is -0.908. The minimum absolute atomic E-state index is 0.144. The van der Waals surface area contributed by atoms with E-state index in [2.05, 4.69) is 6.58 Å². The molecule has 0 bridgehead atoms.